The molecule has 0 aliphatic heterocycles. The molecule has 0 unspecified atom stereocenters. The highest BCUT2D eigenvalue weighted by molar-refractivity contribution is 8.48. The average molecular weight is 338 g/mol. The van der Waals surface area contributed by atoms with Crippen molar-refractivity contribution in [1.82, 2.24) is 0 Å². The van der Waals surface area contributed by atoms with Gasteiger partial charge in [-0.25, -0.2) is 0 Å². The molecular weight excluding hydrogens is 307 g/mol. The molecule has 0 saturated heterocycles. The van der Waals surface area contributed by atoms with Crippen LogP contribution in [-0.4, -0.2) is 0 Å². The summed E-state index contributed by atoms with van der Waals surface area (Å²) in [7, 11) is -9.32. The first-order chi connectivity index (χ1) is 9.42. The lowest BCUT2D eigenvalue weighted by Gasteiger charge is -2.42. The Morgan fingerprint density at radius 3 is 1.10 bits per heavy atom. The Balaban J connectivity index is -0.000000122. The Labute approximate surface area is 127 Å². The zero-order valence-corrected chi connectivity index (χ0v) is 15.2. The third kappa shape index (κ3) is 21.7. The van der Waals surface area contributed by atoms with Gasteiger partial charge < -0.3 is 0 Å². The van der Waals surface area contributed by atoms with Crippen LogP contribution in [0.1, 0.15) is 61.8 Å². The zero-order chi connectivity index (χ0) is 18.2. The van der Waals surface area contributed by atoms with Crippen LogP contribution in [0.3, 0.4) is 0 Å². The molecule has 0 spiro atoms. The Kier molecular flexibility index (Phi) is 16.0. The zero-order valence-electron chi connectivity index (χ0n) is 14.4. The minimum atomic E-state index is -9.32. The van der Waals surface area contributed by atoms with Crippen molar-refractivity contribution in [2.45, 2.75) is 61.8 Å². The van der Waals surface area contributed by atoms with Gasteiger partial charge in [0.15, 0.2) is 0 Å². The van der Waals surface area contributed by atoms with E-state index in [0.717, 1.165) is 13.8 Å². The summed E-state index contributed by atoms with van der Waals surface area (Å²) in [6.07, 6.45) is 7.73. The lowest BCUT2D eigenvalue weighted by Crippen LogP contribution is -2.07. The minimum Gasteiger partial charge on any atom is -0.0939 e. The second-order valence-corrected chi connectivity index (χ2v) is 5.59. The molecule has 0 rings (SSSR count). The van der Waals surface area contributed by atoms with Gasteiger partial charge in [0.05, 0.1) is 4.91 Å². The van der Waals surface area contributed by atoms with Crippen molar-refractivity contribution in [3.8, 4) is 0 Å². The predicted molar refractivity (Wildman–Crippen MR) is 89.5 cm³/mol. The molecule has 132 valence electrons. The van der Waals surface area contributed by atoms with E-state index >= 15 is 0 Å². The van der Waals surface area contributed by atoms with Crippen molar-refractivity contribution < 1.29 is 19.4 Å². The topological polar surface area (TPSA) is 0 Å². The van der Waals surface area contributed by atoms with Crippen molar-refractivity contribution in [2.75, 3.05) is 0 Å². The predicted octanol–water partition coefficient (Wildman–Crippen LogP) is 8.79. The molecule has 0 radical (unpaired) electrons. The Morgan fingerprint density at radius 2 is 1.05 bits per heavy atom. The van der Waals surface area contributed by atoms with Crippen molar-refractivity contribution in [1.29, 1.82) is 0 Å². The molecule has 0 bridgehead atoms. The summed E-state index contributed by atoms with van der Waals surface area (Å²) >= 11 is 0. The molecule has 0 atom stereocenters. The van der Waals surface area contributed by atoms with Crippen LogP contribution in [0.4, 0.5) is 19.4 Å². The fraction of sp³-hybridized carbons (Fsp3) is 0.600. The normalized spacial score (nSPS) is 14.8. The summed E-state index contributed by atoms with van der Waals surface area (Å²) in [6.45, 7) is 14.0. The third-order valence-corrected chi connectivity index (χ3v) is 3.18. The number of hydrogen-bond acceptors (Lipinski definition) is 0. The fourth-order valence-corrected chi connectivity index (χ4v) is 1.91. The highest BCUT2D eigenvalue weighted by Gasteiger charge is 2.65. The van der Waals surface area contributed by atoms with Crippen LogP contribution in [0, 0.1) is 0 Å². The summed E-state index contributed by atoms with van der Waals surface area (Å²) in [5.41, 5.74) is 0. The van der Waals surface area contributed by atoms with Crippen molar-refractivity contribution in [3.63, 3.8) is 0 Å². The quantitative estimate of drug-likeness (QED) is 0.356. The summed E-state index contributed by atoms with van der Waals surface area (Å²) in [4.78, 5) is -1.70. The van der Waals surface area contributed by atoms with E-state index in [1.165, 1.54) is 0 Å². The van der Waals surface area contributed by atoms with Crippen molar-refractivity contribution in [2.24, 2.45) is 0 Å². The molecule has 0 aromatic heterocycles. The molecule has 0 saturated carbocycles. The second kappa shape index (κ2) is 11.8. The van der Waals surface area contributed by atoms with Gasteiger partial charge in [0.25, 0.3) is 0 Å². The minimum absolute atomic E-state index is 0.418. The van der Waals surface area contributed by atoms with Crippen LogP contribution in [0.25, 0.3) is 0 Å². The van der Waals surface area contributed by atoms with Gasteiger partial charge in [-0.3, -0.25) is 0 Å². The molecule has 0 amide bonds. The van der Waals surface area contributed by atoms with Gasteiger partial charge >= 0.3 is 10.2 Å². The van der Waals surface area contributed by atoms with E-state index in [1.807, 2.05) is 65.8 Å². The Hall–Kier alpha value is -0.780. The first kappa shape index (κ1) is 28.4. The molecule has 0 aliphatic rings. The standard InChI is InChI=1S/C6H10.C5H9F5S.2C2H6/c1-3-5-6-4-2;1-3-5(4-2)11(6,7,8,9)10;2*1-2/h3-6H,1-2H3;3H,4H2,1-2H3;2*1-2H3/b5-3-,6-4-;5-3+;;. The smallest absolute Gasteiger partial charge is 0.0939 e. The van der Waals surface area contributed by atoms with Crippen molar-refractivity contribution >= 4 is 10.2 Å². The van der Waals surface area contributed by atoms with Gasteiger partial charge in [-0.05, 0) is 27.2 Å². The maximum Gasteiger partial charge on any atom is 0.306 e. The lowest BCUT2D eigenvalue weighted by molar-refractivity contribution is 0.376. The van der Waals surface area contributed by atoms with Gasteiger partial charge in [0.2, 0.25) is 0 Å². The number of rotatable bonds is 3. The molecule has 6 heteroatoms. The number of halogens is 5. The van der Waals surface area contributed by atoms with Gasteiger partial charge in [0.1, 0.15) is 0 Å². The van der Waals surface area contributed by atoms with Crippen LogP contribution in [0.5, 0.6) is 0 Å². The van der Waals surface area contributed by atoms with Crippen LogP contribution in [0.15, 0.2) is 35.3 Å². The summed E-state index contributed by atoms with van der Waals surface area (Å²) in [6, 6.07) is 0. The lowest BCUT2D eigenvalue weighted by atomic mass is 10.4. The molecule has 0 heterocycles. The van der Waals surface area contributed by atoms with Gasteiger partial charge in [-0.2, -0.15) is 0 Å². The molecule has 21 heavy (non-hydrogen) atoms. The first-order valence-corrected chi connectivity index (χ1v) is 9.01. The van der Waals surface area contributed by atoms with Gasteiger partial charge in [-0.15, -0.1) is 0 Å². The average Bonchev–Trinajstić information content (AvgIpc) is 2.39. The van der Waals surface area contributed by atoms with E-state index in [0.29, 0.717) is 6.08 Å². The molecule has 0 fully saturated rings. The highest BCUT2D eigenvalue weighted by Crippen LogP contribution is 3.02. The van der Waals surface area contributed by atoms with E-state index in [9.17, 15) is 19.4 Å². The summed E-state index contributed by atoms with van der Waals surface area (Å²) in [5.74, 6) is 0. The van der Waals surface area contributed by atoms with Crippen LogP contribution in [-0.2, 0) is 0 Å². The summed E-state index contributed by atoms with van der Waals surface area (Å²) in [5, 5.41) is 0. The van der Waals surface area contributed by atoms with E-state index in [2.05, 4.69) is 0 Å². The van der Waals surface area contributed by atoms with Gasteiger partial charge in [0, 0.05) is 0 Å². The van der Waals surface area contributed by atoms with Crippen molar-refractivity contribution in [3.05, 3.63) is 35.3 Å². The van der Waals surface area contributed by atoms with Crippen LogP contribution in [0.2, 0.25) is 0 Å². The monoisotopic (exact) mass is 338 g/mol. The maximum atomic E-state index is 11.8. The van der Waals surface area contributed by atoms with Crippen LogP contribution >= 0.6 is 10.2 Å². The largest absolute Gasteiger partial charge is 0.306 e. The molecule has 0 nitrogen and oxygen atoms in total. The fourth-order valence-electron chi connectivity index (χ4n) is 0.922. The number of hydrogen-bond donors (Lipinski definition) is 0. The highest BCUT2D eigenvalue weighted by atomic mass is 32.5. The van der Waals surface area contributed by atoms with E-state index in [4.69, 9.17) is 0 Å². The molecule has 0 N–H and O–H groups in total. The first-order valence-electron chi connectivity index (χ1n) is 7.06. The third-order valence-electron chi connectivity index (χ3n) is 1.66. The van der Waals surface area contributed by atoms with Crippen LogP contribution < -0.4 is 0 Å². The molecule has 0 aromatic carbocycles. The molecule has 0 aromatic rings. The van der Waals surface area contributed by atoms with E-state index in [1.54, 1.807) is 0 Å². The summed E-state index contributed by atoms with van der Waals surface area (Å²) < 4.78 is 59.1. The SMILES string of the molecule is C/C=C(\CC)S(F)(F)(F)(F)F.C/C=C\C=C/C.CC.CC. The van der Waals surface area contributed by atoms with E-state index in [-0.39, 0.29) is 0 Å². The molecular formula is C15H31F5S. The Morgan fingerprint density at radius 1 is 0.762 bits per heavy atom. The molecule has 0 aliphatic carbocycles. The number of allylic oxidation sites excluding steroid dienone is 6. The Bertz CT molecular complexity index is 299. The second-order valence-electron chi connectivity index (χ2n) is 3.13. The van der Waals surface area contributed by atoms with E-state index < -0.39 is 21.5 Å². The van der Waals surface area contributed by atoms with Gasteiger partial charge in [-0.1, -0.05) is 84.4 Å². The maximum absolute atomic E-state index is 11.8.